The minimum absolute atomic E-state index is 0.321. The molecule has 0 aromatic heterocycles. The molecular formula is C34H46N2. The average molecular weight is 483 g/mol. The zero-order chi connectivity index (χ0) is 24.3. The third kappa shape index (κ3) is 3.21. The number of benzene rings is 2. The van der Waals surface area contributed by atoms with Crippen molar-refractivity contribution in [3.8, 4) is 0 Å². The van der Waals surface area contributed by atoms with Crippen molar-refractivity contribution in [2.75, 3.05) is 9.80 Å². The van der Waals surface area contributed by atoms with Crippen LogP contribution in [0.5, 0.6) is 0 Å². The molecule has 0 spiro atoms. The highest BCUT2D eigenvalue weighted by Gasteiger charge is 2.66. The fourth-order valence-corrected chi connectivity index (χ4v) is 10.2. The molecule has 0 N–H and O–H groups in total. The van der Waals surface area contributed by atoms with E-state index in [1.54, 1.807) is 11.3 Å². The van der Waals surface area contributed by atoms with Crippen LogP contribution in [-0.2, 0) is 5.41 Å². The largest absolute Gasteiger partial charge is 0.346 e. The second-order valence-electron chi connectivity index (χ2n) is 13.0. The van der Waals surface area contributed by atoms with Gasteiger partial charge in [0, 0.05) is 22.8 Å². The maximum absolute atomic E-state index is 3.05. The molecule has 2 aromatic rings. The predicted octanol–water partition coefficient (Wildman–Crippen LogP) is 8.62. The van der Waals surface area contributed by atoms with Gasteiger partial charge in [0.1, 0.15) is 6.17 Å². The lowest BCUT2D eigenvalue weighted by Crippen LogP contribution is -2.56. The monoisotopic (exact) mass is 482 g/mol. The lowest BCUT2D eigenvalue weighted by Gasteiger charge is -2.50. The number of fused-ring (bicyclic) bond motifs is 3. The molecule has 7 rings (SSSR count). The van der Waals surface area contributed by atoms with Crippen molar-refractivity contribution in [3.63, 3.8) is 0 Å². The summed E-state index contributed by atoms with van der Waals surface area (Å²) in [4.78, 5) is 5.99. The van der Waals surface area contributed by atoms with Crippen LogP contribution in [0.25, 0.3) is 0 Å². The van der Waals surface area contributed by atoms with Gasteiger partial charge in [0.2, 0.25) is 0 Å². The van der Waals surface area contributed by atoms with Crippen LogP contribution in [0, 0.1) is 24.7 Å². The first-order chi connectivity index (χ1) is 17.7. The summed E-state index contributed by atoms with van der Waals surface area (Å²) in [7, 11) is 0. The van der Waals surface area contributed by atoms with Crippen molar-refractivity contribution >= 4 is 11.4 Å². The summed E-state index contributed by atoms with van der Waals surface area (Å²) < 4.78 is 0. The van der Waals surface area contributed by atoms with Crippen molar-refractivity contribution in [1.29, 1.82) is 0 Å². The Hall–Kier alpha value is -1.96. The number of hydrogen-bond donors (Lipinski definition) is 0. The van der Waals surface area contributed by atoms with Gasteiger partial charge in [0.25, 0.3) is 0 Å². The molecular weight excluding hydrogens is 436 g/mol. The maximum atomic E-state index is 3.05. The van der Waals surface area contributed by atoms with E-state index in [2.05, 4.69) is 72.2 Å². The number of rotatable bonds is 4. The van der Waals surface area contributed by atoms with E-state index in [4.69, 9.17) is 0 Å². The summed E-state index contributed by atoms with van der Waals surface area (Å²) in [6, 6.07) is 20.3. The van der Waals surface area contributed by atoms with E-state index in [1.165, 1.54) is 94.7 Å². The highest BCUT2D eigenvalue weighted by molar-refractivity contribution is 5.72. The zero-order valence-corrected chi connectivity index (χ0v) is 22.7. The summed E-state index contributed by atoms with van der Waals surface area (Å²) in [5.74, 6) is 2.46. The van der Waals surface area contributed by atoms with Gasteiger partial charge in [-0.2, -0.15) is 0 Å². The predicted molar refractivity (Wildman–Crippen MR) is 152 cm³/mol. The van der Waals surface area contributed by atoms with Gasteiger partial charge in [0.05, 0.1) is 6.04 Å². The first kappa shape index (κ1) is 23.2. The van der Waals surface area contributed by atoms with E-state index in [1.807, 2.05) is 0 Å². The van der Waals surface area contributed by atoms with E-state index in [0.717, 1.165) is 17.8 Å². The number of para-hydroxylation sites is 2. The smallest absolute Gasteiger partial charge is 0.105 e. The maximum Gasteiger partial charge on any atom is 0.105 e. The summed E-state index contributed by atoms with van der Waals surface area (Å²) in [5, 5.41) is 0. The molecule has 2 nitrogen and oxygen atoms in total. The molecule has 0 radical (unpaired) electrons. The highest BCUT2D eigenvalue weighted by Crippen LogP contribution is 2.64. The number of hydrogen-bond acceptors (Lipinski definition) is 2. The van der Waals surface area contributed by atoms with E-state index < -0.39 is 0 Å². The van der Waals surface area contributed by atoms with E-state index in [-0.39, 0.29) is 0 Å². The Kier molecular flexibility index (Phi) is 5.86. The summed E-state index contributed by atoms with van der Waals surface area (Å²) in [5.41, 5.74) is 6.64. The molecule has 0 amide bonds. The molecule has 1 saturated heterocycles. The average Bonchev–Trinajstić information content (AvgIpc) is 3.71. The molecule has 2 heterocycles. The van der Waals surface area contributed by atoms with Gasteiger partial charge in [0.15, 0.2) is 0 Å². The lowest BCUT2D eigenvalue weighted by atomic mass is 9.55. The Morgan fingerprint density at radius 3 is 1.86 bits per heavy atom. The number of anilines is 2. The molecule has 0 bridgehead atoms. The molecule has 3 aliphatic carbocycles. The molecule has 4 atom stereocenters. The first-order valence-corrected chi connectivity index (χ1v) is 15.4. The summed E-state index contributed by atoms with van der Waals surface area (Å²) >= 11 is 0. The van der Waals surface area contributed by atoms with Gasteiger partial charge in [-0.3, -0.25) is 0 Å². The lowest BCUT2D eigenvalue weighted by molar-refractivity contribution is 0.106. The number of aryl methyl sites for hydroxylation is 1. The van der Waals surface area contributed by atoms with E-state index in [0.29, 0.717) is 23.7 Å². The third-order valence-corrected chi connectivity index (χ3v) is 11.4. The molecule has 2 aliphatic heterocycles. The SMILES string of the molecule is Cc1ccccc1N1C(C2CCCC2)N2c3ccccc3C(C3CCCCC3)(C3CCCC3)C2[C@@H]1C. The Morgan fingerprint density at radius 2 is 1.19 bits per heavy atom. The highest BCUT2D eigenvalue weighted by atomic mass is 15.5. The van der Waals surface area contributed by atoms with Crippen molar-refractivity contribution in [3.05, 3.63) is 59.7 Å². The van der Waals surface area contributed by atoms with Crippen LogP contribution in [0.2, 0.25) is 0 Å². The summed E-state index contributed by atoms with van der Waals surface area (Å²) in [6.45, 7) is 4.97. The van der Waals surface area contributed by atoms with Crippen LogP contribution in [-0.4, -0.2) is 18.2 Å². The molecule has 192 valence electrons. The normalized spacial score (nSPS) is 33.4. The standard InChI is InChI=1S/C34H46N2/c1-24-14-6-12-22-30(24)35-25(2)32-34(28-19-9-10-20-28,27-17-4-3-5-18-27)29-21-11-13-23-31(29)36(32)33(35)26-15-7-8-16-26/h6,11-14,21-23,25-28,32-33H,3-5,7-10,15-20H2,1-2H3/t25-,32?,33?,34?/m0/s1. The Balaban J connectivity index is 1.46. The Labute approximate surface area is 219 Å². The van der Waals surface area contributed by atoms with Gasteiger partial charge >= 0.3 is 0 Å². The molecule has 4 fully saturated rings. The Morgan fingerprint density at radius 1 is 0.639 bits per heavy atom. The molecule has 2 heteroatoms. The van der Waals surface area contributed by atoms with Gasteiger partial charge in [-0.15, -0.1) is 0 Å². The molecule has 36 heavy (non-hydrogen) atoms. The van der Waals surface area contributed by atoms with Gasteiger partial charge in [-0.05, 0) is 93.4 Å². The van der Waals surface area contributed by atoms with Crippen LogP contribution < -0.4 is 9.80 Å². The summed E-state index contributed by atoms with van der Waals surface area (Å²) in [6.07, 6.45) is 19.1. The quantitative estimate of drug-likeness (QED) is 0.430. The van der Waals surface area contributed by atoms with Gasteiger partial charge < -0.3 is 9.80 Å². The van der Waals surface area contributed by atoms with Crippen LogP contribution in [0.1, 0.15) is 102 Å². The number of nitrogens with zero attached hydrogens (tertiary/aromatic N) is 2. The third-order valence-electron chi connectivity index (χ3n) is 11.4. The molecule has 5 aliphatic rings. The molecule has 3 unspecified atom stereocenters. The van der Waals surface area contributed by atoms with Crippen LogP contribution >= 0.6 is 0 Å². The first-order valence-electron chi connectivity index (χ1n) is 15.4. The van der Waals surface area contributed by atoms with E-state index in [9.17, 15) is 0 Å². The topological polar surface area (TPSA) is 6.48 Å². The van der Waals surface area contributed by atoms with Crippen LogP contribution in [0.3, 0.4) is 0 Å². The van der Waals surface area contributed by atoms with E-state index >= 15 is 0 Å². The van der Waals surface area contributed by atoms with Crippen molar-refractivity contribution in [2.24, 2.45) is 17.8 Å². The second-order valence-corrected chi connectivity index (χ2v) is 13.0. The fourth-order valence-electron chi connectivity index (χ4n) is 10.2. The van der Waals surface area contributed by atoms with Gasteiger partial charge in [-0.25, -0.2) is 0 Å². The van der Waals surface area contributed by atoms with Gasteiger partial charge in [-0.1, -0.05) is 81.3 Å². The zero-order valence-electron chi connectivity index (χ0n) is 22.7. The second kappa shape index (κ2) is 9.10. The van der Waals surface area contributed by atoms with Crippen LogP contribution in [0.15, 0.2) is 48.5 Å². The van der Waals surface area contributed by atoms with Crippen molar-refractivity contribution < 1.29 is 0 Å². The fraction of sp³-hybridized carbons (Fsp3) is 0.647. The molecule has 2 aromatic carbocycles. The van der Waals surface area contributed by atoms with Crippen molar-refractivity contribution in [2.45, 2.75) is 121 Å². The van der Waals surface area contributed by atoms with Crippen molar-refractivity contribution in [1.82, 2.24) is 0 Å². The molecule has 3 saturated carbocycles. The Bertz CT molecular complexity index is 1070. The minimum atomic E-state index is 0.321. The minimum Gasteiger partial charge on any atom is -0.346 e. The van der Waals surface area contributed by atoms with Crippen LogP contribution in [0.4, 0.5) is 11.4 Å².